The van der Waals surface area contributed by atoms with Crippen LogP contribution in [0.15, 0.2) is 30.3 Å². The molecule has 16 heavy (non-hydrogen) atoms. The van der Waals surface area contributed by atoms with E-state index in [0.717, 1.165) is 24.8 Å². The summed E-state index contributed by atoms with van der Waals surface area (Å²) in [6, 6.07) is 9.99. The Morgan fingerprint density at radius 1 is 1.31 bits per heavy atom. The molecule has 0 saturated heterocycles. The van der Waals surface area contributed by atoms with Gasteiger partial charge in [-0.1, -0.05) is 30.3 Å². The molecule has 0 radical (unpaired) electrons. The molecule has 0 bridgehead atoms. The largest absolute Gasteiger partial charge is 0.373 e. The molecule has 3 heteroatoms. The van der Waals surface area contributed by atoms with Gasteiger partial charge in [-0.25, -0.2) is 0 Å². The van der Waals surface area contributed by atoms with E-state index in [1.165, 1.54) is 0 Å². The van der Waals surface area contributed by atoms with Crippen molar-refractivity contribution in [2.75, 3.05) is 0 Å². The lowest BCUT2D eigenvalue weighted by atomic mass is 10.1. The summed E-state index contributed by atoms with van der Waals surface area (Å²) in [6.45, 7) is 0.565. The summed E-state index contributed by atoms with van der Waals surface area (Å²) in [7, 11) is 0. The average Bonchev–Trinajstić information content (AvgIpc) is 2.76. The van der Waals surface area contributed by atoms with Gasteiger partial charge in [0.15, 0.2) is 0 Å². The second-order valence-corrected chi connectivity index (χ2v) is 4.27. The first-order valence-electron chi connectivity index (χ1n) is 5.72. The molecule has 1 amide bonds. The van der Waals surface area contributed by atoms with E-state index in [1.807, 2.05) is 30.3 Å². The minimum atomic E-state index is -0.226. The van der Waals surface area contributed by atoms with E-state index in [4.69, 9.17) is 10.5 Å². The minimum Gasteiger partial charge on any atom is -0.373 e. The highest BCUT2D eigenvalue weighted by Gasteiger charge is 2.32. The smallest absolute Gasteiger partial charge is 0.223 e. The SMILES string of the molecule is NC(=O)[C@H]1CCCC1OCc1ccccc1. The van der Waals surface area contributed by atoms with Crippen molar-refractivity contribution < 1.29 is 9.53 Å². The third-order valence-electron chi connectivity index (χ3n) is 3.12. The fourth-order valence-electron chi connectivity index (χ4n) is 2.23. The van der Waals surface area contributed by atoms with Crippen LogP contribution in [0.2, 0.25) is 0 Å². The van der Waals surface area contributed by atoms with E-state index in [1.54, 1.807) is 0 Å². The molecular formula is C13H17NO2. The van der Waals surface area contributed by atoms with E-state index < -0.39 is 0 Å². The van der Waals surface area contributed by atoms with Crippen molar-refractivity contribution in [2.45, 2.75) is 32.0 Å². The number of nitrogens with two attached hydrogens (primary N) is 1. The molecule has 1 fully saturated rings. The third-order valence-corrected chi connectivity index (χ3v) is 3.12. The molecule has 0 aliphatic heterocycles. The van der Waals surface area contributed by atoms with Gasteiger partial charge in [0, 0.05) is 0 Å². The van der Waals surface area contributed by atoms with Crippen LogP contribution in [0, 0.1) is 5.92 Å². The summed E-state index contributed by atoms with van der Waals surface area (Å²) >= 11 is 0. The Kier molecular flexibility index (Phi) is 3.57. The number of carbonyl (C=O) groups is 1. The van der Waals surface area contributed by atoms with Gasteiger partial charge in [0.25, 0.3) is 0 Å². The van der Waals surface area contributed by atoms with Crippen molar-refractivity contribution in [1.29, 1.82) is 0 Å². The van der Waals surface area contributed by atoms with Crippen molar-refractivity contribution in [3.63, 3.8) is 0 Å². The molecular weight excluding hydrogens is 202 g/mol. The van der Waals surface area contributed by atoms with E-state index in [-0.39, 0.29) is 17.9 Å². The Labute approximate surface area is 95.6 Å². The fraction of sp³-hybridized carbons (Fsp3) is 0.462. The molecule has 2 atom stereocenters. The maximum absolute atomic E-state index is 11.2. The lowest BCUT2D eigenvalue weighted by Crippen LogP contribution is -2.31. The first kappa shape index (κ1) is 11.1. The van der Waals surface area contributed by atoms with Crippen LogP contribution < -0.4 is 5.73 Å². The number of rotatable bonds is 4. The zero-order valence-corrected chi connectivity index (χ0v) is 9.26. The Morgan fingerprint density at radius 2 is 2.06 bits per heavy atom. The Hall–Kier alpha value is -1.35. The zero-order valence-electron chi connectivity index (χ0n) is 9.26. The molecule has 2 N–H and O–H groups in total. The molecule has 1 aromatic carbocycles. The first-order valence-corrected chi connectivity index (χ1v) is 5.72. The Balaban J connectivity index is 1.88. The second-order valence-electron chi connectivity index (χ2n) is 4.27. The van der Waals surface area contributed by atoms with Gasteiger partial charge < -0.3 is 10.5 Å². The van der Waals surface area contributed by atoms with Crippen molar-refractivity contribution in [3.05, 3.63) is 35.9 Å². The average molecular weight is 219 g/mol. The summed E-state index contributed by atoms with van der Waals surface area (Å²) in [4.78, 5) is 11.2. The molecule has 1 saturated carbocycles. The fourth-order valence-corrected chi connectivity index (χ4v) is 2.23. The summed E-state index contributed by atoms with van der Waals surface area (Å²) < 4.78 is 5.76. The van der Waals surface area contributed by atoms with Gasteiger partial charge in [0.2, 0.25) is 5.91 Å². The first-order chi connectivity index (χ1) is 7.77. The summed E-state index contributed by atoms with van der Waals surface area (Å²) in [5, 5.41) is 0. The van der Waals surface area contributed by atoms with Crippen molar-refractivity contribution >= 4 is 5.91 Å². The number of amides is 1. The number of primary amides is 1. The van der Waals surface area contributed by atoms with E-state index in [0.29, 0.717) is 6.61 Å². The van der Waals surface area contributed by atoms with Gasteiger partial charge in [0.1, 0.15) is 0 Å². The highest BCUT2D eigenvalue weighted by Crippen LogP contribution is 2.28. The van der Waals surface area contributed by atoms with E-state index in [9.17, 15) is 4.79 Å². The standard InChI is InChI=1S/C13H17NO2/c14-13(15)11-7-4-8-12(11)16-9-10-5-2-1-3-6-10/h1-3,5-6,11-12H,4,7-9H2,(H2,14,15)/t11-,12?/m0/s1. The maximum atomic E-state index is 11.2. The van der Waals surface area contributed by atoms with Crippen molar-refractivity contribution in [3.8, 4) is 0 Å². The molecule has 1 unspecified atom stereocenters. The molecule has 86 valence electrons. The lowest BCUT2D eigenvalue weighted by molar-refractivity contribution is -0.126. The van der Waals surface area contributed by atoms with Gasteiger partial charge in [-0.05, 0) is 24.8 Å². The predicted octanol–water partition coefficient (Wildman–Crippen LogP) is 1.86. The second kappa shape index (κ2) is 5.12. The molecule has 1 aromatic rings. The van der Waals surface area contributed by atoms with Gasteiger partial charge in [-0.2, -0.15) is 0 Å². The monoisotopic (exact) mass is 219 g/mol. The predicted molar refractivity (Wildman–Crippen MR) is 61.6 cm³/mol. The quantitative estimate of drug-likeness (QED) is 0.840. The number of hydrogen-bond acceptors (Lipinski definition) is 2. The number of ether oxygens (including phenoxy) is 1. The summed E-state index contributed by atoms with van der Waals surface area (Å²) in [6.07, 6.45) is 2.86. The Bertz CT molecular complexity index is 350. The van der Waals surface area contributed by atoms with E-state index in [2.05, 4.69) is 0 Å². The van der Waals surface area contributed by atoms with Crippen LogP contribution in [0.1, 0.15) is 24.8 Å². The van der Waals surface area contributed by atoms with Crippen LogP contribution in [0.25, 0.3) is 0 Å². The highest BCUT2D eigenvalue weighted by molar-refractivity contribution is 5.77. The van der Waals surface area contributed by atoms with Crippen LogP contribution in [0.5, 0.6) is 0 Å². The molecule has 1 aliphatic rings. The van der Waals surface area contributed by atoms with Gasteiger partial charge in [-0.3, -0.25) is 4.79 Å². The van der Waals surface area contributed by atoms with Crippen LogP contribution in [0.4, 0.5) is 0 Å². The van der Waals surface area contributed by atoms with Gasteiger partial charge in [-0.15, -0.1) is 0 Å². The molecule has 2 rings (SSSR count). The Morgan fingerprint density at radius 3 is 2.75 bits per heavy atom. The molecule has 0 spiro atoms. The summed E-state index contributed by atoms with van der Waals surface area (Å²) in [5.74, 6) is -0.320. The number of carbonyl (C=O) groups excluding carboxylic acids is 1. The maximum Gasteiger partial charge on any atom is 0.223 e. The summed E-state index contributed by atoms with van der Waals surface area (Å²) in [5.41, 5.74) is 6.47. The van der Waals surface area contributed by atoms with Crippen LogP contribution in [-0.4, -0.2) is 12.0 Å². The van der Waals surface area contributed by atoms with Crippen LogP contribution >= 0.6 is 0 Å². The zero-order chi connectivity index (χ0) is 11.4. The lowest BCUT2D eigenvalue weighted by Gasteiger charge is -2.17. The van der Waals surface area contributed by atoms with Crippen LogP contribution in [-0.2, 0) is 16.1 Å². The molecule has 1 aliphatic carbocycles. The number of hydrogen-bond donors (Lipinski definition) is 1. The van der Waals surface area contributed by atoms with E-state index >= 15 is 0 Å². The normalized spacial score (nSPS) is 24.5. The minimum absolute atomic E-state index is 0.0118. The topological polar surface area (TPSA) is 52.3 Å². The highest BCUT2D eigenvalue weighted by atomic mass is 16.5. The van der Waals surface area contributed by atoms with Crippen molar-refractivity contribution in [1.82, 2.24) is 0 Å². The third kappa shape index (κ3) is 2.61. The van der Waals surface area contributed by atoms with Crippen molar-refractivity contribution in [2.24, 2.45) is 11.7 Å². The molecule has 0 aromatic heterocycles. The van der Waals surface area contributed by atoms with Crippen LogP contribution in [0.3, 0.4) is 0 Å². The van der Waals surface area contributed by atoms with Gasteiger partial charge in [0.05, 0.1) is 18.6 Å². The molecule has 0 heterocycles. The van der Waals surface area contributed by atoms with Gasteiger partial charge >= 0.3 is 0 Å². The number of benzene rings is 1. The molecule has 3 nitrogen and oxygen atoms in total.